The van der Waals surface area contributed by atoms with Crippen LogP contribution in [0.25, 0.3) is 0 Å². The van der Waals surface area contributed by atoms with Gasteiger partial charge in [-0.2, -0.15) is 0 Å². The molecule has 0 spiro atoms. The molecule has 9 heavy (non-hydrogen) atoms. The van der Waals surface area contributed by atoms with Crippen molar-refractivity contribution >= 4 is 0 Å². The van der Waals surface area contributed by atoms with E-state index in [0.717, 1.165) is 0 Å². The van der Waals surface area contributed by atoms with Crippen molar-refractivity contribution in [3.05, 3.63) is 18.6 Å². The number of hydrogen-bond acceptors (Lipinski definition) is 0. The Morgan fingerprint density at radius 3 is 3.44 bits per heavy atom. The van der Waals surface area contributed by atoms with Crippen molar-refractivity contribution in [3.63, 3.8) is 0 Å². The molecule has 0 aliphatic heterocycles. The number of rotatable bonds is 1. The number of imidazole rings is 1. The van der Waals surface area contributed by atoms with Gasteiger partial charge in [-0.25, -0.2) is 9.13 Å². The van der Waals surface area contributed by atoms with Crippen LogP contribution in [0.15, 0.2) is 18.6 Å². The first-order valence-electron chi connectivity index (χ1n) is 7.34. The highest BCUT2D eigenvalue weighted by Crippen LogP contribution is 1.74. The van der Waals surface area contributed by atoms with Crippen LogP contribution in [0.1, 0.15) is 21.9 Å². The molecule has 1 heterocycles. The van der Waals surface area contributed by atoms with Gasteiger partial charge in [0.1, 0.15) is 15.1 Å². The minimum atomic E-state index is -3.21. The van der Waals surface area contributed by atoms with Gasteiger partial charge < -0.3 is 17.0 Å². The summed E-state index contributed by atoms with van der Waals surface area (Å²) in [5, 5.41) is 0. The average molecular weight is 202 g/mol. The Labute approximate surface area is 81.3 Å². The Morgan fingerprint density at radius 1 is 2.00 bits per heavy atom. The molecule has 0 saturated heterocycles. The zero-order valence-corrected chi connectivity index (χ0v) is 5.86. The molecule has 3 heteroatoms. The van der Waals surface area contributed by atoms with Gasteiger partial charge in [-0.3, -0.25) is 0 Å². The first kappa shape index (κ1) is 1.47. The van der Waals surface area contributed by atoms with E-state index in [9.17, 15) is 0 Å². The first-order valence-corrected chi connectivity index (χ1v) is 1.84. The molecule has 52 valence electrons. The number of hydrogen-bond donors (Lipinski definition) is 0. The van der Waals surface area contributed by atoms with Gasteiger partial charge in [0, 0.05) is 4.11 Å². The third-order valence-corrected chi connectivity index (χ3v) is 0.585. The SMILES string of the molecule is [2H]c1c([2H])[n+](C([2H])([2H])C([2H])([2H])[2H])c([2H])n1C([2H])([2H])[2H].[Br-]. The van der Waals surface area contributed by atoms with Crippen LogP contribution in [0.4, 0.5) is 0 Å². The molecular weight excluding hydrogens is 180 g/mol. The van der Waals surface area contributed by atoms with E-state index in [4.69, 9.17) is 15.1 Å². The highest BCUT2D eigenvalue weighted by molar-refractivity contribution is 4.61. The normalized spacial score (nSPS) is 30.9. The van der Waals surface area contributed by atoms with E-state index in [0.29, 0.717) is 0 Å². The molecule has 0 unspecified atom stereocenters. The van der Waals surface area contributed by atoms with Gasteiger partial charge >= 0.3 is 0 Å². The quantitative estimate of drug-likeness (QED) is 0.439. The van der Waals surface area contributed by atoms with Crippen LogP contribution < -0.4 is 21.5 Å². The topological polar surface area (TPSA) is 8.81 Å². The minimum Gasteiger partial charge on any atom is -1.00 e. The van der Waals surface area contributed by atoms with E-state index < -0.39 is 39.0 Å². The van der Waals surface area contributed by atoms with Crippen LogP contribution in [0.3, 0.4) is 0 Å². The summed E-state index contributed by atoms with van der Waals surface area (Å²) in [6.45, 7) is -9.34. The van der Waals surface area contributed by atoms with E-state index in [-0.39, 0.29) is 26.1 Å². The van der Waals surface area contributed by atoms with Gasteiger partial charge in [0.2, 0.25) is 6.30 Å². The summed E-state index contributed by atoms with van der Waals surface area (Å²) in [5.41, 5.74) is 0. The molecule has 0 saturated carbocycles. The molecule has 0 bridgehead atoms. The van der Waals surface area contributed by atoms with Crippen molar-refractivity contribution in [3.8, 4) is 0 Å². The van der Waals surface area contributed by atoms with Crippen molar-refractivity contribution in [2.24, 2.45) is 6.98 Å². The second-order valence-corrected chi connectivity index (χ2v) is 1.11. The van der Waals surface area contributed by atoms with Gasteiger partial charge in [-0.1, -0.05) is 0 Å². The number of aromatic nitrogens is 2. The summed E-state index contributed by atoms with van der Waals surface area (Å²) >= 11 is 0. The molecule has 0 radical (unpaired) electrons. The van der Waals surface area contributed by atoms with Crippen LogP contribution in [-0.2, 0) is 13.5 Å². The van der Waals surface area contributed by atoms with Crippen LogP contribution in [-0.4, -0.2) is 4.57 Å². The Hall–Kier alpha value is -0.310. The molecule has 0 amide bonds. The van der Waals surface area contributed by atoms with Gasteiger partial charge in [0.15, 0.2) is 1.37 Å². The third-order valence-electron chi connectivity index (χ3n) is 0.585. The van der Waals surface area contributed by atoms with E-state index in [2.05, 4.69) is 0 Å². The highest BCUT2D eigenvalue weighted by Gasteiger charge is 1.92. The van der Waals surface area contributed by atoms with Crippen molar-refractivity contribution in [1.29, 1.82) is 0 Å². The number of nitrogens with zero attached hydrogens (tertiary/aromatic N) is 2. The van der Waals surface area contributed by atoms with Crippen molar-refractivity contribution in [2.75, 3.05) is 0 Å². The van der Waals surface area contributed by atoms with Crippen LogP contribution in [0.2, 0.25) is 0 Å². The fourth-order valence-corrected chi connectivity index (χ4v) is 0.303. The van der Waals surface area contributed by atoms with E-state index in [1.807, 2.05) is 0 Å². The molecule has 0 N–H and O–H groups in total. The Kier molecular flexibility index (Phi) is 0.599. The lowest BCUT2D eigenvalue weighted by Gasteiger charge is -1.81. The van der Waals surface area contributed by atoms with Crippen LogP contribution in [0.5, 0.6) is 0 Å². The number of halogens is 1. The van der Waals surface area contributed by atoms with Gasteiger partial charge in [-0.15, -0.1) is 0 Å². The summed E-state index contributed by atoms with van der Waals surface area (Å²) < 4.78 is 80.1. The molecule has 0 aliphatic carbocycles. The maximum absolute atomic E-state index is 7.54. The third kappa shape index (κ3) is 2.18. The standard InChI is InChI=1S/C6H11N2.BrH/c1-3-8-5-4-7(2)6-8;/h4-6H,3H2,1-2H3;1H/q+1;/p-1/i1D3,2D3,3D2,4D,5D,6D;. The lowest BCUT2D eigenvalue weighted by atomic mass is 10.7. The van der Waals surface area contributed by atoms with Crippen molar-refractivity contribution in [1.82, 2.24) is 4.57 Å². The Morgan fingerprint density at radius 2 is 2.89 bits per heavy atom. The van der Waals surface area contributed by atoms with Crippen molar-refractivity contribution < 1.29 is 36.6 Å². The van der Waals surface area contributed by atoms with Crippen LogP contribution >= 0.6 is 0 Å². The summed E-state index contributed by atoms with van der Waals surface area (Å²) in [4.78, 5) is 0. The van der Waals surface area contributed by atoms with Crippen molar-refractivity contribution in [2.45, 2.75) is 13.3 Å². The molecule has 1 aromatic heterocycles. The molecule has 1 rings (SSSR count). The molecule has 0 fully saturated rings. The fraction of sp³-hybridized carbons (Fsp3) is 0.500. The van der Waals surface area contributed by atoms with Crippen LogP contribution in [0, 0.1) is 0 Å². The minimum absolute atomic E-state index is 0. The maximum Gasteiger partial charge on any atom is 0.243 e. The predicted molar refractivity (Wildman–Crippen MR) is 31.3 cm³/mol. The Balaban J connectivity index is 0.00000361. The molecule has 0 aromatic carbocycles. The summed E-state index contributed by atoms with van der Waals surface area (Å²) in [6, 6.07) is 0. The lowest BCUT2D eigenvalue weighted by molar-refractivity contribution is -0.693. The molecular formula is C6H11BrN2. The molecule has 1 aromatic rings. The summed E-state index contributed by atoms with van der Waals surface area (Å²) in [6.07, 6.45) is -3.00. The predicted octanol–water partition coefficient (Wildman–Crippen LogP) is -2.66. The second kappa shape index (κ2) is 3.67. The van der Waals surface area contributed by atoms with E-state index in [1.54, 1.807) is 0 Å². The molecule has 0 aliphatic rings. The zero-order chi connectivity index (χ0) is 15.4. The largest absolute Gasteiger partial charge is 1.00 e. The molecule has 2 nitrogen and oxygen atoms in total. The molecule has 0 atom stereocenters. The van der Waals surface area contributed by atoms with E-state index >= 15 is 0 Å². The maximum atomic E-state index is 7.54. The highest BCUT2D eigenvalue weighted by atomic mass is 79.9. The Bertz CT molecular complexity index is 498. The van der Waals surface area contributed by atoms with Gasteiger partial charge in [0.05, 0.1) is 20.3 Å². The zero-order valence-electron chi connectivity index (χ0n) is 15.3. The van der Waals surface area contributed by atoms with E-state index in [1.165, 1.54) is 0 Å². The summed E-state index contributed by atoms with van der Waals surface area (Å²) in [5.74, 6) is 0. The summed E-state index contributed by atoms with van der Waals surface area (Å²) in [7, 11) is 0. The smallest absolute Gasteiger partial charge is 0.243 e. The van der Waals surface area contributed by atoms with Gasteiger partial charge in [-0.05, 0) is 6.85 Å². The monoisotopic (exact) mass is 201 g/mol. The average Bonchev–Trinajstić information content (AvgIpc) is 2.34. The first-order chi connectivity index (χ1) is 8.23. The van der Waals surface area contributed by atoms with Gasteiger partial charge in [0.25, 0.3) is 0 Å². The second-order valence-electron chi connectivity index (χ2n) is 1.11. The fourth-order valence-electron chi connectivity index (χ4n) is 0.303. The lowest BCUT2D eigenvalue weighted by Crippen LogP contribution is -3.00.